The van der Waals surface area contributed by atoms with Gasteiger partial charge in [-0.2, -0.15) is 0 Å². The maximum absolute atomic E-state index is 12.9. The summed E-state index contributed by atoms with van der Waals surface area (Å²) >= 11 is 0. The Bertz CT molecular complexity index is 467. The van der Waals surface area contributed by atoms with Crippen molar-refractivity contribution in [3.63, 3.8) is 0 Å². The number of carbonyl (C=O) groups excluding carboxylic acids is 1. The lowest BCUT2D eigenvalue weighted by Crippen LogP contribution is -2.44. The molecule has 1 N–H and O–H groups in total. The molecule has 1 aliphatic heterocycles. The zero-order valence-corrected chi connectivity index (χ0v) is 12.6. The van der Waals surface area contributed by atoms with Gasteiger partial charge in [-0.3, -0.25) is 4.79 Å². The lowest BCUT2D eigenvalue weighted by atomic mass is 10.1. The number of methoxy groups -OCH3 is 1. The Hall–Kier alpha value is -1.39. The Balaban J connectivity index is 1.72. The summed E-state index contributed by atoms with van der Waals surface area (Å²) in [5.41, 5.74) is 0.940. The van der Waals surface area contributed by atoms with E-state index >= 15 is 0 Å². The molecule has 114 valence electrons. The summed E-state index contributed by atoms with van der Waals surface area (Å²) in [6.07, 6.45) is 4.16. The summed E-state index contributed by atoms with van der Waals surface area (Å²) in [6.45, 7) is 1.89. The predicted octanol–water partition coefficient (Wildman–Crippen LogP) is 2.12. The van der Waals surface area contributed by atoms with E-state index in [0.717, 1.165) is 31.5 Å². The Labute approximate surface area is 126 Å². The second kappa shape index (κ2) is 6.58. The van der Waals surface area contributed by atoms with Crippen LogP contribution in [0.1, 0.15) is 37.4 Å². The quantitative estimate of drug-likeness (QED) is 0.872. The highest BCUT2D eigenvalue weighted by atomic mass is 16.5. The van der Waals surface area contributed by atoms with Gasteiger partial charge in [0.1, 0.15) is 0 Å². The molecule has 2 atom stereocenters. The molecule has 0 aromatic heterocycles. The SMILES string of the molecule is COC(C(=O)N(CC1CCCN1)C1CC1)c1ccccc1. The zero-order chi connectivity index (χ0) is 14.7. The van der Waals surface area contributed by atoms with Gasteiger partial charge < -0.3 is 15.0 Å². The molecule has 0 spiro atoms. The van der Waals surface area contributed by atoms with E-state index in [1.54, 1.807) is 7.11 Å². The van der Waals surface area contributed by atoms with Crippen LogP contribution in [-0.2, 0) is 9.53 Å². The highest BCUT2D eigenvalue weighted by molar-refractivity contribution is 5.83. The van der Waals surface area contributed by atoms with E-state index in [9.17, 15) is 4.79 Å². The van der Waals surface area contributed by atoms with Gasteiger partial charge in [-0.15, -0.1) is 0 Å². The van der Waals surface area contributed by atoms with E-state index in [1.165, 1.54) is 12.8 Å². The fourth-order valence-corrected chi connectivity index (χ4v) is 3.11. The number of nitrogens with one attached hydrogen (secondary N) is 1. The van der Waals surface area contributed by atoms with Crippen molar-refractivity contribution in [2.24, 2.45) is 0 Å². The molecule has 2 aliphatic rings. The molecule has 1 amide bonds. The highest BCUT2D eigenvalue weighted by Crippen LogP contribution is 2.31. The third-order valence-corrected chi connectivity index (χ3v) is 4.41. The first-order valence-corrected chi connectivity index (χ1v) is 7.91. The fraction of sp³-hybridized carbons (Fsp3) is 0.588. The van der Waals surface area contributed by atoms with Crippen molar-refractivity contribution in [3.8, 4) is 0 Å². The van der Waals surface area contributed by atoms with Gasteiger partial charge in [0.25, 0.3) is 5.91 Å². The van der Waals surface area contributed by atoms with Crippen LogP contribution in [-0.4, -0.2) is 43.1 Å². The number of amides is 1. The van der Waals surface area contributed by atoms with E-state index in [0.29, 0.717) is 12.1 Å². The minimum Gasteiger partial charge on any atom is -0.367 e. The molecule has 0 radical (unpaired) electrons. The normalized spacial score (nSPS) is 23.0. The van der Waals surface area contributed by atoms with E-state index in [1.807, 2.05) is 35.2 Å². The van der Waals surface area contributed by atoms with Crippen molar-refractivity contribution in [2.45, 2.75) is 43.9 Å². The van der Waals surface area contributed by atoms with Crippen molar-refractivity contribution >= 4 is 5.91 Å². The van der Waals surface area contributed by atoms with Crippen molar-refractivity contribution in [1.82, 2.24) is 10.2 Å². The number of hydrogen-bond donors (Lipinski definition) is 1. The molecule has 1 aliphatic carbocycles. The van der Waals surface area contributed by atoms with Crippen LogP contribution in [0.15, 0.2) is 30.3 Å². The second-order valence-corrected chi connectivity index (χ2v) is 6.04. The number of benzene rings is 1. The minimum absolute atomic E-state index is 0.111. The molecule has 1 saturated heterocycles. The summed E-state index contributed by atoms with van der Waals surface area (Å²) in [7, 11) is 1.62. The Morgan fingerprint density at radius 1 is 1.33 bits per heavy atom. The van der Waals surface area contributed by atoms with Crippen molar-refractivity contribution < 1.29 is 9.53 Å². The van der Waals surface area contributed by atoms with Crippen molar-refractivity contribution in [1.29, 1.82) is 0 Å². The molecule has 4 heteroatoms. The van der Waals surface area contributed by atoms with Crippen molar-refractivity contribution in [2.75, 3.05) is 20.2 Å². The standard InChI is InChI=1S/C17H24N2O2/c1-21-16(13-6-3-2-4-7-13)17(20)19(15-9-10-15)12-14-8-5-11-18-14/h2-4,6-7,14-16,18H,5,8-12H2,1H3. The Kier molecular flexibility index (Phi) is 4.56. The second-order valence-electron chi connectivity index (χ2n) is 6.04. The fourth-order valence-electron chi connectivity index (χ4n) is 3.11. The average Bonchev–Trinajstić information content (AvgIpc) is 3.23. The van der Waals surface area contributed by atoms with Gasteiger partial charge >= 0.3 is 0 Å². The molecule has 1 saturated carbocycles. The number of nitrogens with zero attached hydrogens (tertiary/aromatic N) is 1. The number of hydrogen-bond acceptors (Lipinski definition) is 3. The molecule has 4 nitrogen and oxygen atoms in total. The van der Waals surface area contributed by atoms with Gasteiger partial charge in [-0.1, -0.05) is 30.3 Å². The van der Waals surface area contributed by atoms with Crippen LogP contribution < -0.4 is 5.32 Å². The van der Waals surface area contributed by atoms with Gasteiger partial charge in [0.05, 0.1) is 0 Å². The third kappa shape index (κ3) is 3.44. The third-order valence-electron chi connectivity index (χ3n) is 4.41. The number of ether oxygens (including phenoxy) is 1. The van der Waals surface area contributed by atoms with Gasteiger partial charge in [0.15, 0.2) is 6.10 Å². The molecule has 1 heterocycles. The Morgan fingerprint density at radius 3 is 2.67 bits per heavy atom. The molecular weight excluding hydrogens is 264 g/mol. The topological polar surface area (TPSA) is 41.6 Å². The van der Waals surface area contributed by atoms with Crippen LogP contribution >= 0.6 is 0 Å². The summed E-state index contributed by atoms with van der Waals surface area (Å²) in [5.74, 6) is 0.111. The lowest BCUT2D eigenvalue weighted by Gasteiger charge is -2.29. The molecule has 1 aromatic carbocycles. The maximum Gasteiger partial charge on any atom is 0.256 e. The van der Waals surface area contributed by atoms with Crippen LogP contribution in [0, 0.1) is 0 Å². The van der Waals surface area contributed by atoms with Gasteiger partial charge in [-0.25, -0.2) is 0 Å². The molecule has 0 bridgehead atoms. The van der Waals surface area contributed by atoms with E-state index < -0.39 is 6.10 Å². The number of carbonyl (C=O) groups is 1. The summed E-state index contributed by atoms with van der Waals surface area (Å²) in [6, 6.07) is 10.7. The smallest absolute Gasteiger partial charge is 0.256 e. The monoisotopic (exact) mass is 288 g/mol. The molecule has 3 rings (SSSR count). The number of rotatable bonds is 6. The molecule has 1 aromatic rings. The van der Waals surface area contributed by atoms with Crippen LogP contribution in [0.4, 0.5) is 0 Å². The van der Waals surface area contributed by atoms with Crippen LogP contribution in [0.3, 0.4) is 0 Å². The van der Waals surface area contributed by atoms with E-state index in [2.05, 4.69) is 5.32 Å². The first-order valence-electron chi connectivity index (χ1n) is 7.91. The largest absolute Gasteiger partial charge is 0.367 e. The molecule has 2 fully saturated rings. The molecule has 21 heavy (non-hydrogen) atoms. The average molecular weight is 288 g/mol. The lowest BCUT2D eigenvalue weighted by molar-refractivity contribution is -0.143. The van der Waals surface area contributed by atoms with Crippen LogP contribution in [0.2, 0.25) is 0 Å². The maximum atomic E-state index is 12.9. The van der Waals surface area contributed by atoms with Crippen LogP contribution in [0.25, 0.3) is 0 Å². The Morgan fingerprint density at radius 2 is 2.10 bits per heavy atom. The van der Waals surface area contributed by atoms with Gasteiger partial charge in [0.2, 0.25) is 0 Å². The first kappa shape index (κ1) is 14.5. The molecular formula is C17H24N2O2. The first-order chi connectivity index (χ1) is 10.3. The van der Waals surface area contributed by atoms with Crippen LogP contribution in [0.5, 0.6) is 0 Å². The zero-order valence-electron chi connectivity index (χ0n) is 12.6. The van der Waals surface area contributed by atoms with E-state index in [-0.39, 0.29) is 5.91 Å². The van der Waals surface area contributed by atoms with Crippen molar-refractivity contribution in [3.05, 3.63) is 35.9 Å². The van der Waals surface area contributed by atoms with Gasteiger partial charge in [0, 0.05) is 25.7 Å². The predicted molar refractivity (Wildman–Crippen MR) is 82.0 cm³/mol. The van der Waals surface area contributed by atoms with E-state index in [4.69, 9.17) is 4.74 Å². The summed E-state index contributed by atoms with van der Waals surface area (Å²) in [5, 5.41) is 3.49. The minimum atomic E-state index is -0.479. The highest BCUT2D eigenvalue weighted by Gasteiger charge is 2.37. The summed E-state index contributed by atoms with van der Waals surface area (Å²) < 4.78 is 5.51. The summed E-state index contributed by atoms with van der Waals surface area (Å²) in [4.78, 5) is 15.0. The van der Waals surface area contributed by atoms with Gasteiger partial charge in [-0.05, 0) is 37.8 Å². The molecule has 2 unspecified atom stereocenters.